The maximum Gasteiger partial charge on any atom is 0.317 e. The number of pyridine rings is 1. The lowest BCUT2D eigenvalue weighted by atomic mass is 9.97. The zero-order valence-corrected chi connectivity index (χ0v) is 14.7. The number of halogens is 1. The molecule has 120 valence electrons. The van der Waals surface area contributed by atoms with Gasteiger partial charge in [0.1, 0.15) is 0 Å². The van der Waals surface area contributed by atoms with Crippen LogP contribution in [0.5, 0.6) is 0 Å². The average molecular weight is 374 g/mol. The van der Waals surface area contributed by atoms with E-state index in [0.717, 1.165) is 23.0 Å². The second-order valence-electron chi connectivity index (χ2n) is 6.01. The minimum absolute atomic E-state index is 0.000893. The maximum atomic E-state index is 12.4. The molecule has 1 fully saturated rings. The molecule has 23 heavy (non-hydrogen) atoms. The number of nitrogens with one attached hydrogen (secondary N) is 1. The molecule has 0 spiro atoms. The lowest BCUT2D eigenvalue weighted by molar-refractivity contribution is 0.195. The van der Waals surface area contributed by atoms with Crippen molar-refractivity contribution in [1.82, 2.24) is 15.2 Å². The largest absolute Gasteiger partial charge is 0.334 e. The molecule has 4 nitrogen and oxygen atoms in total. The Hall–Kier alpha value is -1.88. The summed E-state index contributed by atoms with van der Waals surface area (Å²) in [6, 6.07) is 12.5. The number of carbonyl (C=O) groups is 1. The Morgan fingerprint density at radius 2 is 2.13 bits per heavy atom. The number of carbonyl (C=O) groups excluding carboxylic acids is 1. The first-order valence-corrected chi connectivity index (χ1v) is 8.61. The van der Waals surface area contributed by atoms with Crippen LogP contribution in [0.25, 0.3) is 0 Å². The Bertz CT molecular complexity index is 660. The minimum atomic E-state index is 0.000893. The zero-order valence-electron chi connectivity index (χ0n) is 13.1. The Morgan fingerprint density at radius 3 is 2.83 bits per heavy atom. The maximum absolute atomic E-state index is 12.4. The molecule has 0 aliphatic carbocycles. The molecule has 1 aromatic heterocycles. The smallest absolute Gasteiger partial charge is 0.317 e. The van der Waals surface area contributed by atoms with Crippen molar-refractivity contribution in [2.45, 2.75) is 31.8 Å². The summed E-state index contributed by atoms with van der Waals surface area (Å²) in [6.07, 6.45) is 4.51. The van der Waals surface area contributed by atoms with E-state index in [0.29, 0.717) is 12.5 Å². The Kier molecular flexibility index (Phi) is 4.96. The minimum Gasteiger partial charge on any atom is -0.334 e. The van der Waals surface area contributed by atoms with E-state index in [1.807, 2.05) is 17.0 Å². The molecule has 2 aromatic rings. The third-order valence-electron chi connectivity index (χ3n) is 4.34. The van der Waals surface area contributed by atoms with Crippen molar-refractivity contribution in [2.24, 2.45) is 0 Å². The fourth-order valence-corrected chi connectivity index (χ4v) is 3.34. The molecule has 1 aromatic carbocycles. The van der Waals surface area contributed by atoms with Gasteiger partial charge in [-0.05, 0) is 42.7 Å². The highest BCUT2D eigenvalue weighted by Gasteiger charge is 2.33. The first-order valence-electron chi connectivity index (χ1n) is 7.82. The number of benzene rings is 1. The van der Waals surface area contributed by atoms with Gasteiger partial charge in [-0.1, -0.05) is 34.1 Å². The topological polar surface area (TPSA) is 45.2 Å². The second-order valence-corrected chi connectivity index (χ2v) is 6.92. The molecule has 0 saturated carbocycles. The summed E-state index contributed by atoms with van der Waals surface area (Å²) in [5, 5.41) is 2.99. The lowest BCUT2D eigenvalue weighted by Crippen LogP contribution is -2.41. The van der Waals surface area contributed by atoms with Gasteiger partial charge in [-0.3, -0.25) is 4.98 Å². The van der Waals surface area contributed by atoms with Crippen molar-refractivity contribution in [2.75, 3.05) is 6.54 Å². The van der Waals surface area contributed by atoms with Gasteiger partial charge in [0.2, 0.25) is 0 Å². The van der Waals surface area contributed by atoms with E-state index in [4.69, 9.17) is 0 Å². The number of hydrogen-bond acceptors (Lipinski definition) is 2. The highest BCUT2D eigenvalue weighted by molar-refractivity contribution is 9.10. The molecule has 1 aliphatic heterocycles. The fraction of sp³-hybridized carbons (Fsp3) is 0.333. The van der Waals surface area contributed by atoms with E-state index in [1.165, 1.54) is 5.56 Å². The average Bonchev–Trinajstić information content (AvgIpc) is 2.96. The van der Waals surface area contributed by atoms with Crippen molar-refractivity contribution in [3.05, 3.63) is 64.4 Å². The van der Waals surface area contributed by atoms with Gasteiger partial charge < -0.3 is 10.2 Å². The molecule has 2 heterocycles. The van der Waals surface area contributed by atoms with Crippen LogP contribution in [0.3, 0.4) is 0 Å². The summed E-state index contributed by atoms with van der Waals surface area (Å²) in [5.41, 5.74) is 2.31. The Labute approximate surface area is 145 Å². The predicted octanol–water partition coefficient (Wildman–Crippen LogP) is 3.93. The molecule has 1 aliphatic rings. The zero-order chi connectivity index (χ0) is 16.2. The van der Waals surface area contributed by atoms with Crippen molar-refractivity contribution < 1.29 is 4.79 Å². The van der Waals surface area contributed by atoms with Gasteiger partial charge in [0.05, 0.1) is 0 Å². The number of urea groups is 1. The van der Waals surface area contributed by atoms with Crippen LogP contribution in [0, 0.1) is 0 Å². The molecule has 5 heteroatoms. The molecule has 1 saturated heterocycles. The number of amides is 2. The van der Waals surface area contributed by atoms with E-state index in [-0.39, 0.29) is 12.1 Å². The van der Waals surface area contributed by atoms with Gasteiger partial charge in [-0.2, -0.15) is 0 Å². The molecule has 1 N–H and O–H groups in total. The summed E-state index contributed by atoms with van der Waals surface area (Å²) in [4.78, 5) is 18.4. The SMILES string of the molecule is CC1CC(c2ccc(Br)cc2)CN1C(=O)NCc1cccnc1. The van der Waals surface area contributed by atoms with E-state index >= 15 is 0 Å². The Morgan fingerprint density at radius 1 is 1.35 bits per heavy atom. The van der Waals surface area contributed by atoms with E-state index in [9.17, 15) is 4.79 Å². The van der Waals surface area contributed by atoms with Crippen LogP contribution in [0.2, 0.25) is 0 Å². The van der Waals surface area contributed by atoms with Crippen LogP contribution in [-0.4, -0.2) is 28.5 Å². The molecule has 3 rings (SSSR count). The molecular formula is C18H20BrN3O. The third kappa shape index (κ3) is 3.91. The predicted molar refractivity (Wildman–Crippen MR) is 94.1 cm³/mol. The van der Waals surface area contributed by atoms with E-state index in [2.05, 4.69) is 57.4 Å². The standard InChI is InChI=1S/C18H20BrN3O/c1-13-9-16(15-4-6-17(19)7-5-15)12-22(13)18(23)21-11-14-3-2-8-20-10-14/h2-8,10,13,16H,9,11-12H2,1H3,(H,21,23). The van der Waals surface area contributed by atoms with Crippen LogP contribution in [0.1, 0.15) is 30.4 Å². The molecule has 2 atom stereocenters. The molecule has 2 unspecified atom stereocenters. The Balaban J connectivity index is 1.59. The van der Waals surface area contributed by atoms with E-state index in [1.54, 1.807) is 12.4 Å². The van der Waals surface area contributed by atoms with Crippen LogP contribution in [0.4, 0.5) is 4.79 Å². The van der Waals surface area contributed by atoms with Crippen LogP contribution in [-0.2, 0) is 6.54 Å². The molecular weight excluding hydrogens is 354 g/mol. The highest BCUT2D eigenvalue weighted by atomic mass is 79.9. The lowest BCUT2D eigenvalue weighted by Gasteiger charge is -2.22. The first-order chi connectivity index (χ1) is 11.1. The summed E-state index contributed by atoms with van der Waals surface area (Å²) < 4.78 is 1.08. The number of nitrogens with zero attached hydrogens (tertiary/aromatic N) is 2. The molecule has 0 bridgehead atoms. The first kappa shape index (κ1) is 16.0. The molecule has 0 radical (unpaired) electrons. The van der Waals surface area contributed by atoms with Crippen molar-refractivity contribution >= 4 is 22.0 Å². The summed E-state index contributed by atoms with van der Waals surface area (Å²) in [6.45, 7) is 3.39. The third-order valence-corrected chi connectivity index (χ3v) is 4.87. The van der Waals surface area contributed by atoms with E-state index < -0.39 is 0 Å². The quantitative estimate of drug-likeness (QED) is 0.885. The van der Waals surface area contributed by atoms with Crippen LogP contribution in [0.15, 0.2) is 53.3 Å². The van der Waals surface area contributed by atoms with Gasteiger partial charge >= 0.3 is 6.03 Å². The molecule has 2 amide bonds. The van der Waals surface area contributed by atoms with Crippen molar-refractivity contribution in [3.8, 4) is 0 Å². The fourth-order valence-electron chi connectivity index (χ4n) is 3.07. The highest BCUT2D eigenvalue weighted by Crippen LogP contribution is 2.32. The van der Waals surface area contributed by atoms with Crippen LogP contribution < -0.4 is 5.32 Å². The van der Waals surface area contributed by atoms with Gasteiger partial charge in [-0.25, -0.2) is 4.79 Å². The van der Waals surface area contributed by atoms with Crippen LogP contribution >= 0.6 is 15.9 Å². The van der Waals surface area contributed by atoms with Gasteiger partial charge in [0, 0.05) is 41.9 Å². The van der Waals surface area contributed by atoms with Gasteiger partial charge in [0.15, 0.2) is 0 Å². The summed E-state index contributed by atoms with van der Waals surface area (Å²) in [5.74, 6) is 0.405. The van der Waals surface area contributed by atoms with Gasteiger partial charge in [-0.15, -0.1) is 0 Å². The van der Waals surface area contributed by atoms with Gasteiger partial charge in [0.25, 0.3) is 0 Å². The monoisotopic (exact) mass is 373 g/mol. The van der Waals surface area contributed by atoms with Crippen molar-refractivity contribution in [3.63, 3.8) is 0 Å². The number of hydrogen-bond donors (Lipinski definition) is 1. The normalized spacial score (nSPS) is 20.5. The van der Waals surface area contributed by atoms with Crippen molar-refractivity contribution in [1.29, 1.82) is 0 Å². The number of likely N-dealkylation sites (tertiary alicyclic amines) is 1. The summed E-state index contributed by atoms with van der Waals surface area (Å²) in [7, 11) is 0. The number of rotatable bonds is 3. The summed E-state index contributed by atoms with van der Waals surface area (Å²) >= 11 is 3.46. The second kappa shape index (κ2) is 7.13. The number of aromatic nitrogens is 1.